The summed E-state index contributed by atoms with van der Waals surface area (Å²) in [4.78, 5) is 13.2. The van der Waals surface area contributed by atoms with Crippen LogP contribution in [-0.2, 0) is 6.42 Å². The van der Waals surface area contributed by atoms with E-state index in [4.69, 9.17) is 11.5 Å². The lowest BCUT2D eigenvalue weighted by Crippen LogP contribution is -2.06. The van der Waals surface area contributed by atoms with Gasteiger partial charge in [0.15, 0.2) is 0 Å². The highest BCUT2D eigenvalue weighted by molar-refractivity contribution is 5.86. The van der Waals surface area contributed by atoms with Crippen LogP contribution in [0.4, 0.5) is 11.6 Å². The Morgan fingerprint density at radius 3 is 2.77 bits per heavy atom. The lowest BCUT2D eigenvalue weighted by atomic mass is 9.96. The molecular formula is C25H30N6. The molecule has 6 heteroatoms. The first-order valence-electron chi connectivity index (χ1n) is 11.3. The summed E-state index contributed by atoms with van der Waals surface area (Å²) in [5, 5.41) is 2.12. The van der Waals surface area contributed by atoms with E-state index < -0.39 is 0 Å². The largest absolute Gasteiger partial charge is 0.383 e. The molecular weight excluding hydrogens is 384 g/mol. The smallest absolute Gasteiger partial charge is 0.145 e. The first-order chi connectivity index (χ1) is 15.0. The molecule has 0 radical (unpaired) electrons. The van der Waals surface area contributed by atoms with Gasteiger partial charge < -0.3 is 16.0 Å². The van der Waals surface area contributed by atoms with Gasteiger partial charge in [0.2, 0.25) is 0 Å². The monoisotopic (exact) mass is 414 g/mol. The zero-order valence-electron chi connectivity index (χ0n) is 18.3. The fraction of sp³-hybridized carbons (Fsp3) is 0.400. The van der Waals surface area contributed by atoms with E-state index in [0.29, 0.717) is 23.6 Å². The number of hydrogen-bond donors (Lipinski definition) is 2. The topological polar surface area (TPSA) is 95.6 Å². The Kier molecular flexibility index (Phi) is 5.00. The van der Waals surface area contributed by atoms with Gasteiger partial charge in [0.1, 0.15) is 23.6 Å². The second-order valence-corrected chi connectivity index (χ2v) is 9.24. The van der Waals surface area contributed by atoms with E-state index in [2.05, 4.69) is 63.8 Å². The fourth-order valence-electron chi connectivity index (χ4n) is 5.08. The SMILES string of the molecule is CC(C)c1cc2ccc(CCC3CCC(n4ccc5c(N)ncnc54)C3)cc2nc1N. The standard InChI is InChI=1S/C25H30N6/c1-15(2)21-13-18-7-5-17(12-22(18)30-24(21)27)4-3-16-6-8-19(11-16)31-10-9-20-23(26)28-14-29-25(20)31/h5,7,9-10,12-16,19H,3-4,6,8,11H2,1-2H3,(H2,27,30)(H2,26,28,29). The summed E-state index contributed by atoms with van der Waals surface area (Å²) in [7, 11) is 0. The van der Waals surface area contributed by atoms with Crippen LogP contribution in [0.3, 0.4) is 0 Å². The molecule has 0 bridgehead atoms. The molecule has 5 rings (SSSR count). The van der Waals surface area contributed by atoms with Crippen LogP contribution in [0.1, 0.15) is 62.6 Å². The van der Waals surface area contributed by atoms with E-state index in [9.17, 15) is 0 Å². The highest BCUT2D eigenvalue weighted by Gasteiger charge is 2.27. The molecule has 1 aliphatic rings. The third kappa shape index (κ3) is 3.71. The van der Waals surface area contributed by atoms with Gasteiger partial charge in [0.05, 0.1) is 10.9 Å². The number of pyridine rings is 1. The fourth-order valence-corrected chi connectivity index (χ4v) is 5.08. The van der Waals surface area contributed by atoms with Crippen molar-refractivity contribution < 1.29 is 0 Å². The van der Waals surface area contributed by atoms with E-state index in [1.807, 2.05) is 6.07 Å². The molecule has 1 saturated carbocycles. The van der Waals surface area contributed by atoms with E-state index in [1.165, 1.54) is 36.6 Å². The molecule has 6 nitrogen and oxygen atoms in total. The van der Waals surface area contributed by atoms with Crippen LogP contribution in [0.2, 0.25) is 0 Å². The molecule has 0 aliphatic heterocycles. The van der Waals surface area contributed by atoms with Gasteiger partial charge in [-0.1, -0.05) is 26.0 Å². The highest BCUT2D eigenvalue weighted by atomic mass is 15.1. The number of rotatable bonds is 5. The summed E-state index contributed by atoms with van der Waals surface area (Å²) < 4.78 is 2.29. The number of nitrogens with zero attached hydrogens (tertiary/aromatic N) is 4. The van der Waals surface area contributed by atoms with Crippen LogP contribution in [0.15, 0.2) is 42.9 Å². The van der Waals surface area contributed by atoms with Crippen molar-refractivity contribution in [3.8, 4) is 0 Å². The first kappa shape index (κ1) is 19.8. The maximum atomic E-state index is 6.19. The summed E-state index contributed by atoms with van der Waals surface area (Å²) in [6.45, 7) is 4.31. The zero-order valence-corrected chi connectivity index (χ0v) is 18.3. The van der Waals surface area contributed by atoms with Crippen molar-refractivity contribution in [2.75, 3.05) is 11.5 Å². The van der Waals surface area contributed by atoms with Gasteiger partial charge in [0, 0.05) is 17.6 Å². The number of nitrogens with two attached hydrogens (primary N) is 2. The Morgan fingerprint density at radius 1 is 1.06 bits per heavy atom. The Hall–Kier alpha value is -3.15. The molecule has 3 aromatic heterocycles. The van der Waals surface area contributed by atoms with Crippen LogP contribution in [0, 0.1) is 5.92 Å². The van der Waals surface area contributed by atoms with Gasteiger partial charge in [-0.15, -0.1) is 0 Å². The van der Waals surface area contributed by atoms with Crippen LogP contribution in [0.5, 0.6) is 0 Å². The minimum absolute atomic E-state index is 0.382. The number of benzene rings is 1. The Bertz CT molecular complexity index is 1240. The third-order valence-corrected chi connectivity index (χ3v) is 6.85. The predicted molar refractivity (Wildman–Crippen MR) is 127 cm³/mol. The Morgan fingerprint density at radius 2 is 1.94 bits per heavy atom. The van der Waals surface area contributed by atoms with Crippen LogP contribution in [-0.4, -0.2) is 19.5 Å². The van der Waals surface area contributed by atoms with Crippen molar-refractivity contribution in [3.05, 3.63) is 54.0 Å². The second kappa shape index (κ2) is 7.84. The normalized spacial score (nSPS) is 19.1. The number of fused-ring (bicyclic) bond motifs is 2. The average molecular weight is 415 g/mol. The predicted octanol–water partition coefficient (Wildman–Crippen LogP) is 5.24. The molecule has 2 atom stereocenters. The molecule has 3 heterocycles. The van der Waals surface area contributed by atoms with Crippen molar-refractivity contribution in [2.45, 2.75) is 57.9 Å². The Balaban J connectivity index is 1.27. The van der Waals surface area contributed by atoms with E-state index in [-0.39, 0.29) is 0 Å². The zero-order chi connectivity index (χ0) is 21.5. The van der Waals surface area contributed by atoms with Crippen LogP contribution in [0.25, 0.3) is 21.9 Å². The van der Waals surface area contributed by atoms with Crippen molar-refractivity contribution in [1.29, 1.82) is 0 Å². The molecule has 1 fully saturated rings. The molecule has 1 aliphatic carbocycles. The lowest BCUT2D eigenvalue weighted by molar-refractivity contribution is 0.461. The highest BCUT2D eigenvalue weighted by Crippen LogP contribution is 2.39. The maximum absolute atomic E-state index is 6.19. The van der Waals surface area contributed by atoms with Gasteiger partial charge in [-0.3, -0.25) is 0 Å². The lowest BCUT2D eigenvalue weighted by Gasteiger charge is -2.15. The summed E-state index contributed by atoms with van der Waals surface area (Å²) in [5.41, 5.74) is 16.6. The minimum Gasteiger partial charge on any atom is -0.383 e. The Labute approximate surface area is 182 Å². The van der Waals surface area contributed by atoms with E-state index >= 15 is 0 Å². The van der Waals surface area contributed by atoms with Crippen molar-refractivity contribution in [2.24, 2.45) is 5.92 Å². The van der Waals surface area contributed by atoms with Gasteiger partial charge in [-0.05, 0) is 73.3 Å². The van der Waals surface area contributed by atoms with E-state index in [0.717, 1.165) is 34.5 Å². The second-order valence-electron chi connectivity index (χ2n) is 9.24. The summed E-state index contributed by atoms with van der Waals surface area (Å²) >= 11 is 0. The van der Waals surface area contributed by atoms with Crippen molar-refractivity contribution in [1.82, 2.24) is 19.5 Å². The molecule has 2 unspecified atom stereocenters. The van der Waals surface area contributed by atoms with Crippen molar-refractivity contribution >= 4 is 33.6 Å². The third-order valence-electron chi connectivity index (χ3n) is 6.85. The molecule has 0 saturated heterocycles. The number of anilines is 2. The number of nitrogen functional groups attached to an aromatic ring is 2. The first-order valence-corrected chi connectivity index (χ1v) is 11.3. The number of hydrogen-bond acceptors (Lipinski definition) is 5. The summed E-state index contributed by atoms with van der Waals surface area (Å²) in [6.07, 6.45) is 9.57. The van der Waals surface area contributed by atoms with Crippen LogP contribution >= 0.6 is 0 Å². The van der Waals surface area contributed by atoms with Gasteiger partial charge in [-0.25, -0.2) is 15.0 Å². The van der Waals surface area contributed by atoms with E-state index in [1.54, 1.807) is 6.33 Å². The molecule has 4 aromatic rings. The van der Waals surface area contributed by atoms with Crippen LogP contribution < -0.4 is 11.5 Å². The maximum Gasteiger partial charge on any atom is 0.145 e. The quantitative estimate of drug-likeness (QED) is 0.465. The molecule has 0 spiro atoms. The number of aryl methyl sites for hydroxylation is 1. The number of aromatic nitrogens is 4. The van der Waals surface area contributed by atoms with Gasteiger partial charge in [-0.2, -0.15) is 0 Å². The molecule has 160 valence electrons. The molecule has 4 N–H and O–H groups in total. The molecule has 31 heavy (non-hydrogen) atoms. The van der Waals surface area contributed by atoms with Gasteiger partial charge >= 0.3 is 0 Å². The minimum atomic E-state index is 0.382. The van der Waals surface area contributed by atoms with Gasteiger partial charge in [0.25, 0.3) is 0 Å². The molecule has 1 aromatic carbocycles. The average Bonchev–Trinajstić information content (AvgIpc) is 3.39. The summed E-state index contributed by atoms with van der Waals surface area (Å²) in [5.74, 6) is 2.32. The summed E-state index contributed by atoms with van der Waals surface area (Å²) in [6, 6.07) is 11.4. The van der Waals surface area contributed by atoms with Crippen molar-refractivity contribution in [3.63, 3.8) is 0 Å². The molecule has 0 amide bonds.